The highest BCUT2D eigenvalue weighted by Crippen LogP contribution is 2.14. The summed E-state index contributed by atoms with van der Waals surface area (Å²) in [4.78, 5) is 10.8. The fraction of sp³-hybridized carbons (Fsp3) is 0.455. The highest BCUT2D eigenvalue weighted by atomic mass is 16.4. The van der Waals surface area contributed by atoms with Crippen LogP contribution in [0.4, 0.5) is 0 Å². The van der Waals surface area contributed by atoms with Gasteiger partial charge in [0.15, 0.2) is 5.82 Å². The average Bonchev–Trinajstić information content (AvgIpc) is 2.98. The second kappa shape index (κ2) is 4.25. The van der Waals surface area contributed by atoms with E-state index in [9.17, 15) is 4.79 Å². The lowest BCUT2D eigenvalue weighted by molar-refractivity contribution is 0.0697. The number of hydrogen-bond acceptors (Lipinski definition) is 4. The van der Waals surface area contributed by atoms with Crippen LogP contribution < -0.4 is 0 Å². The molecule has 2 aromatic rings. The molecule has 3 heterocycles. The van der Waals surface area contributed by atoms with Gasteiger partial charge in [-0.15, -0.1) is 10.2 Å². The largest absolute Gasteiger partial charge is 0.478 e. The van der Waals surface area contributed by atoms with Gasteiger partial charge in [-0.2, -0.15) is 5.10 Å². The van der Waals surface area contributed by atoms with Crippen molar-refractivity contribution in [3.05, 3.63) is 29.6 Å². The summed E-state index contributed by atoms with van der Waals surface area (Å²) in [5.41, 5.74) is 0.188. The van der Waals surface area contributed by atoms with Crippen LogP contribution in [0.15, 0.2) is 12.4 Å². The Morgan fingerprint density at radius 1 is 1.39 bits per heavy atom. The lowest BCUT2D eigenvalue weighted by Gasteiger charge is -2.14. The van der Waals surface area contributed by atoms with Crippen molar-refractivity contribution in [2.75, 3.05) is 0 Å². The van der Waals surface area contributed by atoms with Gasteiger partial charge in [0.1, 0.15) is 12.4 Å². The van der Waals surface area contributed by atoms with Gasteiger partial charge < -0.3 is 9.67 Å². The van der Waals surface area contributed by atoms with Crippen LogP contribution in [0.1, 0.15) is 34.8 Å². The minimum absolute atomic E-state index is 0.188. The van der Waals surface area contributed by atoms with Gasteiger partial charge in [0.2, 0.25) is 0 Å². The summed E-state index contributed by atoms with van der Waals surface area (Å²) in [5, 5.41) is 21.1. The third-order valence-electron chi connectivity index (χ3n) is 3.12. The SMILES string of the molecule is O=C(O)c1cnn(Cc2nnc3n2CCCC3)c1. The van der Waals surface area contributed by atoms with Gasteiger partial charge in [0, 0.05) is 19.2 Å². The minimum Gasteiger partial charge on any atom is -0.478 e. The van der Waals surface area contributed by atoms with Crippen molar-refractivity contribution >= 4 is 5.97 Å². The van der Waals surface area contributed by atoms with E-state index in [2.05, 4.69) is 19.9 Å². The Kier molecular flexibility index (Phi) is 2.58. The first-order valence-corrected chi connectivity index (χ1v) is 5.91. The standard InChI is InChI=1S/C11H13N5O2/c17-11(18)8-5-12-15(6-8)7-10-14-13-9-3-1-2-4-16(9)10/h5-6H,1-4,7H2,(H,17,18). The van der Waals surface area contributed by atoms with Crippen LogP contribution in [0, 0.1) is 0 Å². The first kappa shape index (κ1) is 10.9. The summed E-state index contributed by atoms with van der Waals surface area (Å²) in [6.45, 7) is 1.39. The van der Waals surface area contributed by atoms with E-state index < -0.39 is 5.97 Å². The van der Waals surface area contributed by atoms with Crippen LogP contribution in [0.2, 0.25) is 0 Å². The number of aromatic carboxylic acids is 1. The zero-order chi connectivity index (χ0) is 12.5. The molecule has 0 aromatic carbocycles. The smallest absolute Gasteiger partial charge is 0.338 e. The van der Waals surface area contributed by atoms with Gasteiger partial charge in [-0.3, -0.25) is 4.68 Å². The molecule has 0 atom stereocenters. The molecule has 0 spiro atoms. The van der Waals surface area contributed by atoms with Crippen molar-refractivity contribution < 1.29 is 9.90 Å². The molecule has 1 aliphatic heterocycles. The van der Waals surface area contributed by atoms with E-state index in [1.165, 1.54) is 12.4 Å². The number of nitrogens with zero attached hydrogens (tertiary/aromatic N) is 5. The van der Waals surface area contributed by atoms with Crippen molar-refractivity contribution in [3.63, 3.8) is 0 Å². The van der Waals surface area contributed by atoms with Gasteiger partial charge in [0.05, 0.1) is 11.8 Å². The van der Waals surface area contributed by atoms with Crippen molar-refractivity contribution in [2.45, 2.75) is 32.4 Å². The molecule has 7 heteroatoms. The number of rotatable bonds is 3. The predicted octanol–water partition coefficient (Wildman–Crippen LogP) is 0.557. The van der Waals surface area contributed by atoms with Crippen LogP contribution in [-0.2, 0) is 19.5 Å². The highest BCUT2D eigenvalue weighted by Gasteiger charge is 2.16. The topological polar surface area (TPSA) is 85.8 Å². The van der Waals surface area contributed by atoms with Crippen LogP contribution in [-0.4, -0.2) is 35.6 Å². The fourth-order valence-corrected chi connectivity index (χ4v) is 2.19. The number of carboxylic acids is 1. The summed E-state index contributed by atoms with van der Waals surface area (Å²) in [7, 11) is 0. The Morgan fingerprint density at radius 2 is 2.28 bits per heavy atom. The number of aromatic nitrogens is 5. The highest BCUT2D eigenvalue weighted by molar-refractivity contribution is 5.86. The third-order valence-corrected chi connectivity index (χ3v) is 3.12. The van der Waals surface area contributed by atoms with Crippen LogP contribution >= 0.6 is 0 Å². The monoisotopic (exact) mass is 247 g/mol. The molecule has 0 bridgehead atoms. The molecule has 0 saturated carbocycles. The molecule has 0 radical (unpaired) electrons. The summed E-state index contributed by atoms with van der Waals surface area (Å²) in [6, 6.07) is 0. The van der Waals surface area contributed by atoms with E-state index >= 15 is 0 Å². The molecule has 0 aliphatic carbocycles. The number of aryl methyl sites for hydroxylation is 1. The third kappa shape index (κ3) is 1.87. The van der Waals surface area contributed by atoms with Gasteiger partial charge >= 0.3 is 5.97 Å². The molecule has 0 unspecified atom stereocenters. The van der Waals surface area contributed by atoms with Crippen molar-refractivity contribution in [1.82, 2.24) is 24.5 Å². The second-order valence-corrected chi connectivity index (χ2v) is 4.37. The van der Waals surface area contributed by atoms with Crippen LogP contribution in [0.5, 0.6) is 0 Å². The number of carbonyl (C=O) groups is 1. The van der Waals surface area contributed by atoms with Crippen molar-refractivity contribution in [2.24, 2.45) is 0 Å². The summed E-state index contributed by atoms with van der Waals surface area (Å²) >= 11 is 0. The predicted molar refractivity (Wildman–Crippen MR) is 61.2 cm³/mol. The average molecular weight is 247 g/mol. The van der Waals surface area contributed by atoms with E-state index in [-0.39, 0.29) is 5.56 Å². The molecular formula is C11H13N5O2. The molecular weight excluding hydrogens is 234 g/mol. The Morgan fingerprint density at radius 3 is 3.06 bits per heavy atom. The Bertz CT molecular complexity index is 586. The lowest BCUT2D eigenvalue weighted by atomic mass is 10.2. The van der Waals surface area contributed by atoms with E-state index in [4.69, 9.17) is 5.11 Å². The van der Waals surface area contributed by atoms with E-state index in [1.807, 2.05) is 0 Å². The number of carboxylic acid groups (broad SMARTS) is 1. The minimum atomic E-state index is -0.968. The maximum atomic E-state index is 10.8. The first-order chi connectivity index (χ1) is 8.74. The number of hydrogen-bond donors (Lipinski definition) is 1. The Balaban J connectivity index is 1.83. The molecule has 0 fully saturated rings. The Labute approximate surface area is 103 Å². The van der Waals surface area contributed by atoms with Crippen molar-refractivity contribution in [3.8, 4) is 0 Å². The summed E-state index contributed by atoms with van der Waals surface area (Å²) in [5.74, 6) is 0.885. The van der Waals surface area contributed by atoms with Crippen LogP contribution in [0.25, 0.3) is 0 Å². The van der Waals surface area contributed by atoms with Gasteiger partial charge in [-0.05, 0) is 12.8 Å². The zero-order valence-corrected chi connectivity index (χ0v) is 9.78. The van der Waals surface area contributed by atoms with Gasteiger partial charge in [-0.1, -0.05) is 0 Å². The quantitative estimate of drug-likeness (QED) is 0.856. The zero-order valence-electron chi connectivity index (χ0n) is 9.78. The van der Waals surface area contributed by atoms with E-state index in [0.717, 1.165) is 37.5 Å². The van der Waals surface area contributed by atoms with E-state index in [0.29, 0.717) is 6.54 Å². The second-order valence-electron chi connectivity index (χ2n) is 4.37. The van der Waals surface area contributed by atoms with Gasteiger partial charge in [-0.25, -0.2) is 4.79 Å². The molecule has 0 saturated heterocycles. The molecule has 1 N–H and O–H groups in total. The Hall–Kier alpha value is -2.18. The molecule has 7 nitrogen and oxygen atoms in total. The summed E-state index contributed by atoms with van der Waals surface area (Å²) < 4.78 is 3.68. The maximum absolute atomic E-state index is 10.8. The van der Waals surface area contributed by atoms with Crippen LogP contribution in [0.3, 0.4) is 0 Å². The lowest BCUT2D eigenvalue weighted by Crippen LogP contribution is -2.15. The summed E-state index contributed by atoms with van der Waals surface area (Å²) in [6.07, 6.45) is 6.11. The fourth-order valence-electron chi connectivity index (χ4n) is 2.19. The molecule has 0 amide bonds. The molecule has 94 valence electrons. The molecule has 18 heavy (non-hydrogen) atoms. The van der Waals surface area contributed by atoms with Crippen molar-refractivity contribution in [1.29, 1.82) is 0 Å². The normalized spacial score (nSPS) is 14.4. The molecule has 2 aromatic heterocycles. The van der Waals surface area contributed by atoms with Gasteiger partial charge in [0.25, 0.3) is 0 Å². The molecule has 3 rings (SSSR count). The maximum Gasteiger partial charge on any atom is 0.338 e. The molecule has 1 aliphatic rings. The van der Waals surface area contributed by atoms with E-state index in [1.54, 1.807) is 4.68 Å². The first-order valence-electron chi connectivity index (χ1n) is 5.91. The number of fused-ring (bicyclic) bond motifs is 1.